The van der Waals surface area contributed by atoms with Crippen LogP contribution in [0.5, 0.6) is 11.5 Å². The molecule has 0 aliphatic heterocycles. The van der Waals surface area contributed by atoms with Crippen molar-refractivity contribution < 1.29 is 28.6 Å². The highest BCUT2D eigenvalue weighted by Gasteiger charge is 2.20. The van der Waals surface area contributed by atoms with E-state index in [1.165, 1.54) is 45.4 Å². The molecule has 31 heavy (non-hydrogen) atoms. The van der Waals surface area contributed by atoms with Gasteiger partial charge in [-0.15, -0.1) is 0 Å². The number of carbonyl (C=O) groups excluding carboxylic acids is 3. The lowest BCUT2D eigenvalue weighted by atomic mass is 10.2. The van der Waals surface area contributed by atoms with E-state index in [1.54, 1.807) is 6.07 Å². The Bertz CT molecular complexity index is 999. The first kappa shape index (κ1) is 24.6. The Morgan fingerprint density at radius 3 is 2.23 bits per heavy atom. The summed E-state index contributed by atoms with van der Waals surface area (Å²) in [4.78, 5) is 36.5. The van der Waals surface area contributed by atoms with Crippen molar-refractivity contribution in [2.24, 2.45) is 0 Å². The first-order valence-corrected chi connectivity index (χ1v) is 9.94. The second kappa shape index (κ2) is 11.1. The van der Waals surface area contributed by atoms with Crippen LogP contribution in [0.4, 0.5) is 5.69 Å². The summed E-state index contributed by atoms with van der Waals surface area (Å²) in [6.07, 6.45) is -1.16. The molecule has 0 aliphatic rings. The summed E-state index contributed by atoms with van der Waals surface area (Å²) in [6.45, 7) is 0.924. The van der Waals surface area contributed by atoms with Crippen molar-refractivity contribution >= 4 is 58.3 Å². The fourth-order valence-electron chi connectivity index (χ4n) is 2.38. The monoisotopic (exact) mass is 488 g/mol. The van der Waals surface area contributed by atoms with E-state index in [0.29, 0.717) is 11.5 Å². The first-order chi connectivity index (χ1) is 14.7. The molecule has 0 fully saturated rings. The summed E-state index contributed by atoms with van der Waals surface area (Å²) in [5.41, 5.74) is 0.469. The lowest BCUT2D eigenvalue weighted by molar-refractivity contribution is -0.152. The Labute approximate surface area is 193 Å². The van der Waals surface area contributed by atoms with Gasteiger partial charge in [-0.25, -0.2) is 0 Å². The number of amides is 2. The third kappa shape index (κ3) is 6.65. The van der Waals surface area contributed by atoms with E-state index in [9.17, 15) is 14.4 Å². The molecule has 2 N–H and O–H groups in total. The van der Waals surface area contributed by atoms with E-state index in [-0.39, 0.29) is 26.3 Å². The molecular weight excluding hydrogens is 471 g/mol. The number of esters is 1. The largest absolute Gasteiger partial charge is 0.493 e. The molecule has 2 amide bonds. The molecule has 0 saturated heterocycles. The predicted octanol–water partition coefficient (Wildman–Crippen LogP) is 3.96. The lowest BCUT2D eigenvalue weighted by Crippen LogP contribution is -2.35. The Morgan fingerprint density at radius 2 is 1.58 bits per heavy atom. The number of hydrogen-bond acceptors (Lipinski definition) is 6. The molecule has 0 aliphatic carbocycles. The molecule has 0 unspecified atom stereocenters. The minimum Gasteiger partial charge on any atom is -0.493 e. The number of nitrogens with one attached hydrogen (secondary N) is 2. The zero-order valence-electron chi connectivity index (χ0n) is 16.8. The molecule has 0 saturated carbocycles. The van der Waals surface area contributed by atoms with E-state index < -0.39 is 30.4 Å². The minimum absolute atomic E-state index is 0.170. The molecule has 0 spiro atoms. The van der Waals surface area contributed by atoms with Gasteiger partial charge in [0.2, 0.25) is 0 Å². The van der Waals surface area contributed by atoms with Crippen LogP contribution in [-0.2, 0) is 14.3 Å². The summed E-state index contributed by atoms with van der Waals surface area (Å²) < 4.78 is 15.3. The van der Waals surface area contributed by atoms with Crippen LogP contribution >= 0.6 is 34.8 Å². The number of benzene rings is 2. The molecule has 8 nitrogen and oxygen atoms in total. The number of rotatable bonds is 8. The Kier molecular flexibility index (Phi) is 8.79. The summed E-state index contributed by atoms with van der Waals surface area (Å²) >= 11 is 17.8. The maximum absolute atomic E-state index is 12.3. The van der Waals surface area contributed by atoms with Crippen LogP contribution in [-0.4, -0.2) is 44.7 Å². The number of anilines is 1. The zero-order valence-corrected chi connectivity index (χ0v) is 19.0. The third-order valence-electron chi connectivity index (χ3n) is 3.98. The van der Waals surface area contributed by atoms with Crippen molar-refractivity contribution in [2.75, 3.05) is 26.1 Å². The van der Waals surface area contributed by atoms with Crippen LogP contribution < -0.4 is 20.1 Å². The third-order valence-corrected chi connectivity index (χ3v) is 5.02. The van der Waals surface area contributed by atoms with Gasteiger partial charge in [-0.2, -0.15) is 0 Å². The van der Waals surface area contributed by atoms with Crippen molar-refractivity contribution in [3.05, 3.63) is 51.0 Å². The smallest absolute Gasteiger partial charge is 0.326 e. The van der Waals surface area contributed by atoms with Gasteiger partial charge in [0.25, 0.3) is 11.8 Å². The number of ether oxygens (including phenoxy) is 3. The van der Waals surface area contributed by atoms with E-state index in [2.05, 4.69) is 10.6 Å². The molecule has 0 aromatic heterocycles. The molecule has 2 aromatic rings. The predicted molar refractivity (Wildman–Crippen MR) is 118 cm³/mol. The van der Waals surface area contributed by atoms with E-state index in [1.807, 2.05) is 0 Å². The van der Waals surface area contributed by atoms with Crippen molar-refractivity contribution in [3.63, 3.8) is 0 Å². The van der Waals surface area contributed by atoms with Crippen molar-refractivity contribution in [2.45, 2.75) is 13.0 Å². The van der Waals surface area contributed by atoms with Gasteiger partial charge in [-0.1, -0.05) is 34.8 Å². The molecule has 2 rings (SSSR count). The average molecular weight is 490 g/mol. The molecule has 0 radical (unpaired) electrons. The van der Waals surface area contributed by atoms with Gasteiger partial charge in [0.15, 0.2) is 17.6 Å². The van der Waals surface area contributed by atoms with Crippen LogP contribution in [0.3, 0.4) is 0 Å². The SMILES string of the molecule is COc1ccc(C(=O)NCC(=O)O[C@@H](C)C(=O)Nc2cc(Cl)c(Cl)cc2Cl)cc1OC. The quantitative estimate of drug-likeness (QED) is 0.430. The summed E-state index contributed by atoms with van der Waals surface area (Å²) in [6, 6.07) is 7.30. The summed E-state index contributed by atoms with van der Waals surface area (Å²) in [5.74, 6) is -1.15. The van der Waals surface area contributed by atoms with Crippen LogP contribution in [0.1, 0.15) is 17.3 Å². The van der Waals surface area contributed by atoms with Crippen molar-refractivity contribution in [3.8, 4) is 11.5 Å². The van der Waals surface area contributed by atoms with Gasteiger partial charge in [-0.3, -0.25) is 14.4 Å². The van der Waals surface area contributed by atoms with Gasteiger partial charge in [0.1, 0.15) is 6.54 Å². The highest BCUT2D eigenvalue weighted by atomic mass is 35.5. The number of methoxy groups -OCH3 is 2. The van der Waals surface area contributed by atoms with Crippen LogP contribution in [0.25, 0.3) is 0 Å². The number of hydrogen-bond donors (Lipinski definition) is 2. The highest BCUT2D eigenvalue weighted by Crippen LogP contribution is 2.32. The molecule has 0 heterocycles. The Morgan fingerprint density at radius 1 is 0.935 bits per heavy atom. The van der Waals surface area contributed by atoms with E-state index in [4.69, 9.17) is 49.0 Å². The topological polar surface area (TPSA) is 103 Å². The Balaban J connectivity index is 1.90. The highest BCUT2D eigenvalue weighted by molar-refractivity contribution is 6.44. The molecule has 1 atom stereocenters. The second-order valence-corrected chi connectivity index (χ2v) is 7.34. The average Bonchev–Trinajstić information content (AvgIpc) is 2.75. The van der Waals surface area contributed by atoms with Crippen LogP contribution in [0.2, 0.25) is 15.1 Å². The molecule has 2 aromatic carbocycles. The summed E-state index contributed by atoms with van der Waals surface area (Å²) in [7, 11) is 2.91. The second-order valence-electron chi connectivity index (χ2n) is 6.12. The van der Waals surface area contributed by atoms with Gasteiger partial charge < -0.3 is 24.8 Å². The van der Waals surface area contributed by atoms with Crippen LogP contribution in [0.15, 0.2) is 30.3 Å². The van der Waals surface area contributed by atoms with E-state index in [0.717, 1.165) is 0 Å². The maximum Gasteiger partial charge on any atom is 0.326 e. The van der Waals surface area contributed by atoms with Crippen LogP contribution in [0, 0.1) is 0 Å². The Hall–Kier alpha value is -2.68. The lowest BCUT2D eigenvalue weighted by Gasteiger charge is -2.15. The van der Waals surface area contributed by atoms with E-state index >= 15 is 0 Å². The molecule has 0 bridgehead atoms. The zero-order chi connectivity index (χ0) is 23.1. The van der Waals surface area contributed by atoms with Gasteiger partial charge >= 0.3 is 5.97 Å². The number of carbonyl (C=O) groups is 3. The standard InChI is InChI=1S/C20H19Cl3N2O6/c1-10(19(27)25-15-8-13(22)12(21)7-14(15)23)31-18(26)9-24-20(28)11-4-5-16(29-2)17(6-11)30-3/h4-8,10H,9H2,1-3H3,(H,24,28)(H,25,27)/t10-/m0/s1. The van der Waals surface area contributed by atoms with Gasteiger partial charge in [0.05, 0.1) is 35.0 Å². The van der Waals surface area contributed by atoms with Gasteiger partial charge in [0, 0.05) is 5.56 Å². The molecular formula is C20H19Cl3N2O6. The first-order valence-electron chi connectivity index (χ1n) is 8.81. The van der Waals surface area contributed by atoms with Crippen molar-refractivity contribution in [1.29, 1.82) is 0 Å². The maximum atomic E-state index is 12.3. The minimum atomic E-state index is -1.16. The normalized spacial score (nSPS) is 11.3. The summed E-state index contributed by atoms with van der Waals surface area (Å²) in [5, 5.41) is 5.50. The molecule has 166 valence electrons. The fraction of sp³-hybridized carbons (Fsp3) is 0.250. The fourth-order valence-corrected chi connectivity index (χ4v) is 2.97. The number of halogens is 3. The van der Waals surface area contributed by atoms with Crippen molar-refractivity contribution in [1.82, 2.24) is 5.32 Å². The van der Waals surface area contributed by atoms with Gasteiger partial charge in [-0.05, 0) is 37.3 Å². The molecule has 11 heteroatoms.